The van der Waals surface area contributed by atoms with Gasteiger partial charge >= 0.3 is 6.09 Å². The molecule has 3 aliphatic rings. The first-order chi connectivity index (χ1) is 15.9. The summed E-state index contributed by atoms with van der Waals surface area (Å²) in [7, 11) is 1.66. The van der Waals surface area contributed by atoms with E-state index >= 15 is 0 Å². The van der Waals surface area contributed by atoms with Crippen LogP contribution in [0.4, 0.5) is 4.79 Å². The molecule has 2 bridgehead atoms. The number of ether oxygens (including phenoxy) is 2. The smallest absolute Gasteiger partial charge is 0.408 e. The Morgan fingerprint density at radius 3 is 2.39 bits per heavy atom. The summed E-state index contributed by atoms with van der Waals surface area (Å²) in [4.78, 5) is 16.7. The van der Waals surface area contributed by atoms with Crippen molar-refractivity contribution >= 4 is 6.09 Å². The molecule has 178 valence electrons. The lowest BCUT2D eigenvalue weighted by Crippen LogP contribution is -2.53. The van der Waals surface area contributed by atoms with Gasteiger partial charge in [-0.15, -0.1) is 0 Å². The molecule has 2 aromatic carbocycles. The zero-order valence-corrected chi connectivity index (χ0v) is 20.0. The second-order valence-corrected chi connectivity index (χ2v) is 9.69. The molecule has 0 aliphatic carbocycles. The molecular formula is C27H36N2O4. The number of amides is 1. The molecule has 2 aromatic rings. The molecule has 3 aliphatic heterocycles. The lowest BCUT2D eigenvalue weighted by Gasteiger charge is -2.45. The molecule has 0 saturated carbocycles. The van der Waals surface area contributed by atoms with Crippen LogP contribution in [-0.4, -0.2) is 67.0 Å². The second-order valence-electron chi connectivity index (χ2n) is 9.69. The predicted molar refractivity (Wildman–Crippen MR) is 130 cm³/mol. The number of fused-ring (bicyclic) bond motifs is 4. The topological polar surface area (TPSA) is 62.2 Å². The van der Waals surface area contributed by atoms with Gasteiger partial charge in [0.05, 0.1) is 12.1 Å². The van der Waals surface area contributed by atoms with E-state index in [0.717, 1.165) is 61.3 Å². The van der Waals surface area contributed by atoms with Crippen molar-refractivity contribution in [2.75, 3.05) is 40.0 Å². The van der Waals surface area contributed by atoms with E-state index in [0.29, 0.717) is 19.1 Å². The molecule has 3 heterocycles. The summed E-state index contributed by atoms with van der Waals surface area (Å²) in [5, 5.41) is 10.3. The maximum atomic E-state index is 12.5. The largest absolute Gasteiger partial charge is 0.491 e. The van der Waals surface area contributed by atoms with Crippen molar-refractivity contribution in [2.45, 2.75) is 44.7 Å². The van der Waals surface area contributed by atoms with Gasteiger partial charge in [0.15, 0.2) is 0 Å². The van der Waals surface area contributed by atoms with Gasteiger partial charge in [-0.2, -0.15) is 0 Å². The van der Waals surface area contributed by atoms with E-state index in [9.17, 15) is 9.90 Å². The fourth-order valence-electron chi connectivity index (χ4n) is 5.47. The van der Waals surface area contributed by atoms with Crippen molar-refractivity contribution < 1.29 is 19.4 Å². The van der Waals surface area contributed by atoms with Gasteiger partial charge in [-0.1, -0.05) is 36.4 Å². The summed E-state index contributed by atoms with van der Waals surface area (Å²) in [5.74, 6) is 1.25. The molecule has 1 amide bonds. The molecule has 6 heteroatoms. The highest BCUT2D eigenvalue weighted by Crippen LogP contribution is 2.38. The van der Waals surface area contributed by atoms with Gasteiger partial charge in [0.25, 0.3) is 0 Å². The maximum Gasteiger partial charge on any atom is 0.408 e. The lowest BCUT2D eigenvalue weighted by molar-refractivity contribution is 0.0355. The van der Waals surface area contributed by atoms with Gasteiger partial charge in [0, 0.05) is 19.7 Å². The standard InChI is InChI=1S/C27H36N2O4/c1-27(2,29(26(30)31)25-13-16-28-14-11-21(25)12-15-28)23-9-7-20(8-10-23)22-5-4-6-24(19-22)33-18-17-32-3/h4-10,19,21,25H,11-18H2,1-3H3,(H,30,31). The van der Waals surface area contributed by atoms with E-state index in [1.807, 2.05) is 32.0 Å². The fourth-order valence-corrected chi connectivity index (χ4v) is 5.47. The Balaban J connectivity index is 1.55. The van der Waals surface area contributed by atoms with Crippen LogP contribution in [0.1, 0.15) is 38.7 Å². The van der Waals surface area contributed by atoms with E-state index in [1.165, 1.54) is 0 Å². The molecule has 1 unspecified atom stereocenters. The Labute approximate surface area is 197 Å². The Kier molecular flexibility index (Phi) is 7.25. The van der Waals surface area contributed by atoms with Crippen molar-refractivity contribution in [1.29, 1.82) is 0 Å². The van der Waals surface area contributed by atoms with Crippen LogP contribution in [0.15, 0.2) is 48.5 Å². The molecule has 1 atom stereocenters. The van der Waals surface area contributed by atoms with Crippen LogP contribution in [0, 0.1) is 5.92 Å². The second kappa shape index (κ2) is 10.1. The zero-order chi connectivity index (χ0) is 23.4. The average molecular weight is 453 g/mol. The van der Waals surface area contributed by atoms with Gasteiger partial charge in [-0.3, -0.25) is 4.90 Å². The molecule has 5 rings (SSSR count). The number of hydrogen-bond acceptors (Lipinski definition) is 4. The fraction of sp³-hybridized carbons (Fsp3) is 0.519. The quantitative estimate of drug-likeness (QED) is 0.566. The molecule has 6 nitrogen and oxygen atoms in total. The molecule has 33 heavy (non-hydrogen) atoms. The molecule has 3 fully saturated rings. The minimum atomic E-state index is -0.824. The molecule has 0 radical (unpaired) electrons. The van der Waals surface area contributed by atoms with Crippen molar-refractivity contribution in [1.82, 2.24) is 9.80 Å². The monoisotopic (exact) mass is 452 g/mol. The van der Waals surface area contributed by atoms with Crippen LogP contribution >= 0.6 is 0 Å². The molecule has 3 saturated heterocycles. The molecular weight excluding hydrogens is 416 g/mol. The summed E-state index contributed by atoms with van der Waals surface area (Å²) < 4.78 is 10.8. The molecule has 0 spiro atoms. The van der Waals surface area contributed by atoms with E-state index in [1.54, 1.807) is 12.0 Å². The number of carbonyl (C=O) groups is 1. The third-order valence-electron chi connectivity index (χ3n) is 7.37. The van der Waals surface area contributed by atoms with Crippen LogP contribution in [-0.2, 0) is 10.3 Å². The third-order valence-corrected chi connectivity index (χ3v) is 7.37. The summed E-state index contributed by atoms with van der Waals surface area (Å²) in [6.07, 6.45) is 2.27. The number of hydrogen-bond donors (Lipinski definition) is 1. The Hall–Kier alpha value is -2.57. The number of piperidine rings is 1. The van der Waals surface area contributed by atoms with E-state index in [4.69, 9.17) is 9.47 Å². The Morgan fingerprint density at radius 1 is 1.03 bits per heavy atom. The van der Waals surface area contributed by atoms with Crippen LogP contribution in [0.3, 0.4) is 0 Å². The van der Waals surface area contributed by atoms with Gasteiger partial charge in [0.1, 0.15) is 12.4 Å². The summed E-state index contributed by atoms with van der Waals surface area (Å²) in [6, 6.07) is 16.4. The van der Waals surface area contributed by atoms with Crippen LogP contribution < -0.4 is 4.74 Å². The molecule has 0 aromatic heterocycles. The highest BCUT2D eigenvalue weighted by atomic mass is 16.5. The number of nitrogens with zero attached hydrogens (tertiary/aromatic N) is 2. The van der Waals surface area contributed by atoms with Crippen molar-refractivity contribution in [3.8, 4) is 16.9 Å². The molecule has 1 N–H and O–H groups in total. The van der Waals surface area contributed by atoms with Gasteiger partial charge in [-0.25, -0.2) is 4.79 Å². The van der Waals surface area contributed by atoms with Gasteiger partial charge in [0.2, 0.25) is 0 Å². The van der Waals surface area contributed by atoms with Gasteiger partial charge < -0.3 is 19.5 Å². The highest BCUT2D eigenvalue weighted by Gasteiger charge is 2.43. The van der Waals surface area contributed by atoms with Crippen molar-refractivity contribution in [3.63, 3.8) is 0 Å². The number of methoxy groups -OCH3 is 1. The average Bonchev–Trinajstić information content (AvgIpc) is 3.13. The van der Waals surface area contributed by atoms with Crippen LogP contribution in [0.2, 0.25) is 0 Å². The summed E-state index contributed by atoms with van der Waals surface area (Å²) >= 11 is 0. The summed E-state index contributed by atoms with van der Waals surface area (Å²) in [6.45, 7) is 8.32. The SMILES string of the molecule is COCCOc1cccc(-c2ccc(C(C)(C)N(C(=O)O)C3CCN4CCC3CC4)cc2)c1. The predicted octanol–water partition coefficient (Wildman–Crippen LogP) is 5.08. The Morgan fingerprint density at radius 2 is 1.73 bits per heavy atom. The van der Waals surface area contributed by atoms with E-state index < -0.39 is 11.6 Å². The summed E-state index contributed by atoms with van der Waals surface area (Å²) in [5.41, 5.74) is 2.55. The van der Waals surface area contributed by atoms with E-state index in [2.05, 4.69) is 35.2 Å². The Bertz CT molecular complexity index is 935. The van der Waals surface area contributed by atoms with Gasteiger partial charge in [-0.05, 0) is 80.9 Å². The minimum absolute atomic E-state index is 0.0607. The number of rotatable bonds is 8. The maximum absolute atomic E-state index is 12.5. The van der Waals surface area contributed by atoms with Crippen LogP contribution in [0.5, 0.6) is 5.75 Å². The van der Waals surface area contributed by atoms with Crippen molar-refractivity contribution in [2.24, 2.45) is 5.92 Å². The number of carboxylic acid groups (broad SMARTS) is 1. The first kappa shape index (κ1) is 23.6. The zero-order valence-electron chi connectivity index (χ0n) is 20.0. The highest BCUT2D eigenvalue weighted by molar-refractivity contribution is 5.68. The third kappa shape index (κ3) is 5.17. The normalized spacial score (nSPS) is 22.6. The minimum Gasteiger partial charge on any atom is -0.491 e. The van der Waals surface area contributed by atoms with Crippen molar-refractivity contribution in [3.05, 3.63) is 54.1 Å². The number of benzene rings is 2. The first-order valence-electron chi connectivity index (χ1n) is 12.0. The van der Waals surface area contributed by atoms with Crippen LogP contribution in [0.25, 0.3) is 11.1 Å². The van der Waals surface area contributed by atoms with E-state index in [-0.39, 0.29) is 6.04 Å². The lowest BCUT2D eigenvalue weighted by atomic mass is 9.84. The first-order valence-corrected chi connectivity index (χ1v) is 12.0.